The lowest BCUT2D eigenvalue weighted by Crippen LogP contribution is -2.63. The largest absolute Gasteiger partial charge is 0.363 e. The number of fused-ring (bicyclic) bond motifs is 1. The lowest BCUT2D eigenvalue weighted by molar-refractivity contribution is 0.00188. The van der Waals surface area contributed by atoms with Crippen molar-refractivity contribution in [3.8, 4) is 0 Å². The summed E-state index contributed by atoms with van der Waals surface area (Å²) < 4.78 is 1.96. The van der Waals surface area contributed by atoms with Crippen molar-refractivity contribution in [1.29, 1.82) is 0 Å². The van der Waals surface area contributed by atoms with Gasteiger partial charge in [0.2, 0.25) is 0 Å². The van der Waals surface area contributed by atoms with Crippen LogP contribution in [0.3, 0.4) is 0 Å². The minimum absolute atomic E-state index is 0.405. The molecule has 0 atom stereocenters. The fourth-order valence-electron chi connectivity index (χ4n) is 3.19. The Morgan fingerprint density at radius 1 is 1.31 bits per heavy atom. The van der Waals surface area contributed by atoms with Crippen LogP contribution in [0.25, 0.3) is 10.9 Å². The average Bonchev–Trinajstić information content (AvgIpc) is 2.49. The van der Waals surface area contributed by atoms with Crippen LogP contribution in [0.2, 0.25) is 0 Å². The van der Waals surface area contributed by atoms with Crippen molar-refractivity contribution in [3.63, 3.8) is 0 Å². The van der Waals surface area contributed by atoms with E-state index in [2.05, 4.69) is 34.7 Å². The molecule has 3 saturated carbocycles. The molecule has 0 aliphatic heterocycles. The van der Waals surface area contributed by atoms with Crippen molar-refractivity contribution < 1.29 is 0 Å². The zero-order chi connectivity index (χ0) is 10.8. The summed E-state index contributed by atoms with van der Waals surface area (Å²) in [6.45, 7) is 0. The lowest BCUT2D eigenvalue weighted by Gasteiger charge is -2.62. The highest BCUT2D eigenvalue weighted by Gasteiger charge is 2.56. The zero-order valence-electron chi connectivity index (χ0n) is 9.40. The van der Waals surface area contributed by atoms with Gasteiger partial charge in [-0.2, -0.15) is 5.10 Å². The SMILES string of the molecule is Cn1nc(NC23CC(C2)C3)c2ccccc21. The molecule has 3 aliphatic rings. The number of aryl methyl sites for hydroxylation is 1. The Labute approximate surface area is 94.4 Å². The van der Waals surface area contributed by atoms with E-state index in [0.717, 1.165) is 11.7 Å². The van der Waals surface area contributed by atoms with Crippen molar-refractivity contribution in [2.75, 3.05) is 5.32 Å². The molecule has 3 nitrogen and oxygen atoms in total. The van der Waals surface area contributed by atoms with Crippen LogP contribution in [0, 0.1) is 5.92 Å². The van der Waals surface area contributed by atoms with E-state index in [9.17, 15) is 0 Å². The number of para-hydroxylation sites is 1. The number of hydrogen-bond donors (Lipinski definition) is 1. The Kier molecular flexibility index (Phi) is 1.40. The van der Waals surface area contributed by atoms with E-state index in [1.54, 1.807) is 0 Å². The highest BCUT2D eigenvalue weighted by molar-refractivity contribution is 5.90. The summed E-state index contributed by atoms with van der Waals surface area (Å²) in [4.78, 5) is 0. The molecule has 2 aromatic rings. The monoisotopic (exact) mass is 213 g/mol. The third-order valence-electron chi connectivity index (χ3n) is 4.18. The summed E-state index contributed by atoms with van der Waals surface area (Å²) >= 11 is 0. The molecule has 1 aromatic carbocycles. The minimum Gasteiger partial charge on any atom is -0.363 e. The standard InChI is InChI=1S/C13H15N3/c1-16-11-5-3-2-4-10(11)12(15-16)14-13-6-9(7-13)8-13/h2-5,9H,6-8H2,1H3,(H,14,15). The molecule has 1 aromatic heterocycles. The van der Waals surface area contributed by atoms with E-state index < -0.39 is 0 Å². The zero-order valence-corrected chi connectivity index (χ0v) is 9.40. The molecule has 0 saturated heterocycles. The minimum atomic E-state index is 0.405. The van der Waals surface area contributed by atoms with Crippen LogP contribution in [0.4, 0.5) is 5.82 Å². The molecule has 82 valence electrons. The maximum Gasteiger partial charge on any atom is 0.156 e. The Morgan fingerprint density at radius 3 is 2.75 bits per heavy atom. The smallest absolute Gasteiger partial charge is 0.156 e. The molecule has 0 spiro atoms. The summed E-state index contributed by atoms with van der Waals surface area (Å²) in [6, 6.07) is 8.41. The van der Waals surface area contributed by atoms with Crippen LogP contribution in [-0.2, 0) is 7.05 Å². The van der Waals surface area contributed by atoms with Gasteiger partial charge in [0.1, 0.15) is 0 Å². The summed E-state index contributed by atoms with van der Waals surface area (Å²) in [7, 11) is 2.01. The molecule has 3 heteroatoms. The molecular formula is C13H15N3. The second-order valence-electron chi connectivity index (χ2n) is 5.37. The van der Waals surface area contributed by atoms with Gasteiger partial charge < -0.3 is 5.32 Å². The molecule has 3 aliphatic carbocycles. The van der Waals surface area contributed by atoms with E-state index in [4.69, 9.17) is 0 Å². The van der Waals surface area contributed by atoms with Crippen molar-refractivity contribution in [1.82, 2.24) is 9.78 Å². The van der Waals surface area contributed by atoms with Gasteiger partial charge in [-0.25, -0.2) is 0 Å². The van der Waals surface area contributed by atoms with Gasteiger partial charge in [-0.05, 0) is 37.3 Å². The lowest BCUT2D eigenvalue weighted by atomic mass is 9.50. The van der Waals surface area contributed by atoms with E-state index >= 15 is 0 Å². The molecule has 0 unspecified atom stereocenters. The van der Waals surface area contributed by atoms with Crippen LogP contribution >= 0.6 is 0 Å². The quantitative estimate of drug-likeness (QED) is 0.830. The van der Waals surface area contributed by atoms with Gasteiger partial charge in [0.25, 0.3) is 0 Å². The summed E-state index contributed by atoms with van der Waals surface area (Å²) in [5.41, 5.74) is 1.61. The Hall–Kier alpha value is -1.51. The van der Waals surface area contributed by atoms with Gasteiger partial charge in [0, 0.05) is 18.0 Å². The van der Waals surface area contributed by atoms with Crippen LogP contribution in [-0.4, -0.2) is 15.3 Å². The fourth-order valence-corrected chi connectivity index (χ4v) is 3.19. The van der Waals surface area contributed by atoms with Gasteiger partial charge in [-0.15, -0.1) is 0 Å². The first-order chi connectivity index (χ1) is 7.76. The number of hydrogen-bond acceptors (Lipinski definition) is 2. The first-order valence-electron chi connectivity index (χ1n) is 5.96. The number of benzene rings is 1. The maximum atomic E-state index is 4.59. The molecule has 0 radical (unpaired) electrons. The third kappa shape index (κ3) is 0.958. The fraction of sp³-hybridized carbons (Fsp3) is 0.462. The predicted octanol–water partition coefficient (Wildman–Crippen LogP) is 2.54. The van der Waals surface area contributed by atoms with E-state index in [1.807, 2.05) is 11.7 Å². The van der Waals surface area contributed by atoms with Crippen molar-refractivity contribution in [3.05, 3.63) is 24.3 Å². The average molecular weight is 213 g/mol. The van der Waals surface area contributed by atoms with Crippen LogP contribution in [0.5, 0.6) is 0 Å². The van der Waals surface area contributed by atoms with Crippen molar-refractivity contribution >= 4 is 16.7 Å². The Morgan fingerprint density at radius 2 is 2.06 bits per heavy atom. The van der Waals surface area contributed by atoms with Gasteiger partial charge in [-0.1, -0.05) is 12.1 Å². The molecule has 3 fully saturated rings. The first kappa shape index (κ1) is 8.62. The van der Waals surface area contributed by atoms with Crippen LogP contribution < -0.4 is 5.32 Å². The predicted molar refractivity (Wildman–Crippen MR) is 64.4 cm³/mol. The molecule has 2 bridgehead atoms. The number of nitrogens with one attached hydrogen (secondary N) is 1. The number of nitrogens with zero attached hydrogens (tertiary/aromatic N) is 2. The molecular weight excluding hydrogens is 198 g/mol. The van der Waals surface area contributed by atoms with E-state index in [0.29, 0.717) is 5.54 Å². The van der Waals surface area contributed by atoms with Gasteiger partial charge in [0.15, 0.2) is 5.82 Å². The van der Waals surface area contributed by atoms with Crippen molar-refractivity contribution in [2.24, 2.45) is 13.0 Å². The highest BCUT2D eigenvalue weighted by Crippen LogP contribution is 2.58. The number of anilines is 1. The van der Waals surface area contributed by atoms with E-state index in [1.165, 1.54) is 30.2 Å². The van der Waals surface area contributed by atoms with Crippen LogP contribution in [0.15, 0.2) is 24.3 Å². The summed E-state index contributed by atoms with van der Waals surface area (Å²) in [5, 5.41) is 9.48. The van der Waals surface area contributed by atoms with Gasteiger partial charge >= 0.3 is 0 Å². The number of rotatable bonds is 2. The molecule has 5 rings (SSSR count). The molecule has 0 amide bonds. The second kappa shape index (κ2) is 2.59. The third-order valence-corrected chi connectivity index (χ3v) is 4.18. The van der Waals surface area contributed by atoms with Gasteiger partial charge in [-0.3, -0.25) is 4.68 Å². The van der Waals surface area contributed by atoms with Crippen molar-refractivity contribution in [2.45, 2.75) is 24.8 Å². The molecule has 1 N–H and O–H groups in total. The normalized spacial score (nSPS) is 30.9. The van der Waals surface area contributed by atoms with E-state index in [-0.39, 0.29) is 0 Å². The Bertz CT molecular complexity index is 553. The van der Waals surface area contributed by atoms with Crippen LogP contribution in [0.1, 0.15) is 19.3 Å². The Balaban J connectivity index is 1.79. The second-order valence-corrected chi connectivity index (χ2v) is 5.37. The topological polar surface area (TPSA) is 29.9 Å². The maximum absolute atomic E-state index is 4.59. The number of aromatic nitrogens is 2. The van der Waals surface area contributed by atoms with Gasteiger partial charge in [0.05, 0.1) is 5.52 Å². The molecule has 1 heterocycles. The molecule has 16 heavy (non-hydrogen) atoms. The highest BCUT2D eigenvalue weighted by atomic mass is 15.3. The summed E-state index contributed by atoms with van der Waals surface area (Å²) in [5.74, 6) is 2.07. The summed E-state index contributed by atoms with van der Waals surface area (Å²) in [6.07, 6.45) is 4.04. The first-order valence-corrected chi connectivity index (χ1v) is 5.96.